The van der Waals surface area contributed by atoms with E-state index in [2.05, 4.69) is 13.0 Å². The van der Waals surface area contributed by atoms with Crippen LogP contribution in [0.2, 0.25) is 0 Å². The van der Waals surface area contributed by atoms with Crippen LogP contribution in [0.15, 0.2) is 23.8 Å². The molecule has 0 spiro atoms. The molecule has 0 aromatic rings. The van der Waals surface area contributed by atoms with E-state index in [1.807, 2.05) is 26.0 Å². The maximum absolute atomic E-state index is 12.4. The van der Waals surface area contributed by atoms with Gasteiger partial charge >= 0.3 is 11.9 Å². The van der Waals surface area contributed by atoms with Gasteiger partial charge in [-0.25, -0.2) is 0 Å². The number of aliphatic carboxylic acids is 1. The van der Waals surface area contributed by atoms with E-state index in [1.54, 1.807) is 0 Å². The third-order valence-corrected chi connectivity index (χ3v) is 6.44. The molecular weight excluding hydrogens is 388 g/mol. The molecular formula is C23H36O7. The van der Waals surface area contributed by atoms with Gasteiger partial charge in [0.25, 0.3) is 0 Å². The van der Waals surface area contributed by atoms with E-state index in [-0.39, 0.29) is 42.5 Å². The van der Waals surface area contributed by atoms with Crippen LogP contribution in [-0.2, 0) is 14.3 Å². The molecule has 0 saturated carbocycles. The largest absolute Gasteiger partial charge is 0.481 e. The van der Waals surface area contributed by atoms with Gasteiger partial charge in [-0.15, -0.1) is 0 Å². The predicted molar refractivity (Wildman–Crippen MR) is 111 cm³/mol. The van der Waals surface area contributed by atoms with E-state index in [0.29, 0.717) is 25.7 Å². The number of carbonyl (C=O) groups is 2. The fraction of sp³-hybridized carbons (Fsp3) is 0.739. The number of rotatable bonds is 10. The second-order valence-electron chi connectivity index (χ2n) is 8.88. The summed E-state index contributed by atoms with van der Waals surface area (Å²) in [5.41, 5.74) is 0.958. The van der Waals surface area contributed by atoms with Crippen LogP contribution >= 0.6 is 0 Å². The summed E-state index contributed by atoms with van der Waals surface area (Å²) >= 11 is 0. The van der Waals surface area contributed by atoms with E-state index in [1.165, 1.54) is 0 Å². The van der Waals surface area contributed by atoms with Crippen LogP contribution in [0.4, 0.5) is 0 Å². The van der Waals surface area contributed by atoms with E-state index >= 15 is 0 Å². The molecule has 1 unspecified atom stereocenters. The molecule has 2 rings (SSSR count). The molecule has 0 amide bonds. The molecule has 0 heterocycles. The van der Waals surface area contributed by atoms with Gasteiger partial charge in [0.1, 0.15) is 6.10 Å². The minimum atomic E-state index is -1.10. The van der Waals surface area contributed by atoms with E-state index in [9.17, 15) is 24.9 Å². The zero-order chi connectivity index (χ0) is 22.4. The smallest absolute Gasteiger partial charge is 0.308 e. The molecule has 0 saturated heterocycles. The SMILES string of the molecule is CC[C@H](C)C(=O)O[C@H]1C[C@H](O)C=C2C=C[C@H](C)C(CC[C@@H](O)C[C@H](O)CC(=O)O)[C@H]21. The molecule has 0 aliphatic heterocycles. The molecule has 170 valence electrons. The van der Waals surface area contributed by atoms with Crippen molar-refractivity contribution < 1.29 is 34.8 Å². The molecule has 4 N–H and O–H groups in total. The average Bonchev–Trinajstić information content (AvgIpc) is 2.65. The zero-order valence-corrected chi connectivity index (χ0v) is 18.1. The fourth-order valence-electron chi connectivity index (χ4n) is 4.52. The zero-order valence-electron chi connectivity index (χ0n) is 18.1. The molecule has 2 aliphatic rings. The molecule has 0 radical (unpaired) electrons. The minimum Gasteiger partial charge on any atom is -0.481 e. The topological polar surface area (TPSA) is 124 Å². The molecule has 2 aliphatic carbocycles. The first-order chi connectivity index (χ1) is 14.1. The van der Waals surface area contributed by atoms with Gasteiger partial charge in [0, 0.05) is 12.3 Å². The minimum absolute atomic E-state index is 0.0156. The first-order valence-corrected chi connectivity index (χ1v) is 11.0. The highest BCUT2D eigenvalue weighted by molar-refractivity contribution is 5.72. The Hall–Kier alpha value is -1.70. The van der Waals surface area contributed by atoms with Crippen LogP contribution in [-0.4, -0.2) is 56.8 Å². The number of hydrogen-bond donors (Lipinski definition) is 4. The molecule has 30 heavy (non-hydrogen) atoms. The van der Waals surface area contributed by atoms with Crippen molar-refractivity contribution in [2.75, 3.05) is 0 Å². The Labute approximate surface area is 178 Å². The molecule has 0 aromatic heterocycles. The quantitative estimate of drug-likeness (QED) is 0.397. The lowest BCUT2D eigenvalue weighted by Crippen LogP contribution is -2.43. The van der Waals surface area contributed by atoms with E-state index < -0.39 is 30.4 Å². The highest BCUT2D eigenvalue weighted by Crippen LogP contribution is 2.44. The predicted octanol–water partition coefficient (Wildman–Crippen LogP) is 2.44. The number of esters is 1. The number of carboxylic acids is 1. The number of carboxylic acid groups (broad SMARTS) is 1. The summed E-state index contributed by atoms with van der Waals surface area (Å²) in [6, 6.07) is 0. The van der Waals surface area contributed by atoms with Crippen molar-refractivity contribution in [1.82, 2.24) is 0 Å². The van der Waals surface area contributed by atoms with Crippen molar-refractivity contribution in [2.45, 2.75) is 83.7 Å². The molecule has 7 heteroatoms. The number of aliphatic hydroxyl groups is 3. The van der Waals surface area contributed by atoms with Crippen LogP contribution in [0.5, 0.6) is 0 Å². The monoisotopic (exact) mass is 424 g/mol. The summed E-state index contributed by atoms with van der Waals surface area (Å²) in [5, 5.41) is 39.1. The summed E-state index contributed by atoms with van der Waals surface area (Å²) in [6.07, 6.45) is 4.64. The average molecular weight is 425 g/mol. The standard InChI is InChI=1S/C23H36O7/c1-4-13(2)23(29)30-20-11-17(25)9-15-6-5-14(3)19(22(15)20)8-7-16(24)10-18(26)12-21(27)28/h5-6,9,13-14,16-20,22,24-26H,4,7-8,10-12H2,1-3H3,(H,27,28)/t13-,14-,16+,17+,18-,19?,20-,22-/m0/s1. The summed E-state index contributed by atoms with van der Waals surface area (Å²) in [7, 11) is 0. The van der Waals surface area contributed by atoms with Gasteiger partial charge in [-0.2, -0.15) is 0 Å². The van der Waals surface area contributed by atoms with Crippen LogP contribution in [0.25, 0.3) is 0 Å². The summed E-state index contributed by atoms with van der Waals surface area (Å²) in [5.74, 6) is -1.31. The number of ether oxygens (including phenoxy) is 1. The maximum Gasteiger partial charge on any atom is 0.308 e. The maximum atomic E-state index is 12.4. The van der Waals surface area contributed by atoms with Crippen molar-refractivity contribution in [1.29, 1.82) is 0 Å². The second kappa shape index (κ2) is 11.1. The van der Waals surface area contributed by atoms with E-state index in [0.717, 1.165) is 5.57 Å². The fourth-order valence-corrected chi connectivity index (χ4v) is 4.52. The third kappa shape index (κ3) is 6.65. The summed E-state index contributed by atoms with van der Waals surface area (Å²) < 4.78 is 5.84. The Balaban J connectivity index is 2.09. The van der Waals surface area contributed by atoms with E-state index in [4.69, 9.17) is 9.84 Å². The number of allylic oxidation sites excluding steroid dienone is 2. The number of aliphatic hydroxyl groups excluding tert-OH is 3. The molecule has 8 atom stereocenters. The normalized spacial score (nSPS) is 31.3. The van der Waals surface area contributed by atoms with Gasteiger partial charge in [-0.1, -0.05) is 39.0 Å². The van der Waals surface area contributed by atoms with Gasteiger partial charge in [-0.3, -0.25) is 9.59 Å². The van der Waals surface area contributed by atoms with Gasteiger partial charge < -0.3 is 25.2 Å². The number of hydrogen-bond acceptors (Lipinski definition) is 6. The number of fused-ring (bicyclic) bond motifs is 1. The van der Waals surface area contributed by atoms with Crippen LogP contribution in [0.3, 0.4) is 0 Å². The van der Waals surface area contributed by atoms with Crippen LogP contribution in [0.1, 0.15) is 59.3 Å². The van der Waals surface area contributed by atoms with Crippen molar-refractivity contribution >= 4 is 11.9 Å². The van der Waals surface area contributed by atoms with Crippen molar-refractivity contribution in [3.63, 3.8) is 0 Å². The van der Waals surface area contributed by atoms with Gasteiger partial charge in [0.15, 0.2) is 0 Å². The van der Waals surface area contributed by atoms with Gasteiger partial charge in [0.05, 0.1) is 30.7 Å². The van der Waals surface area contributed by atoms with Crippen LogP contribution < -0.4 is 0 Å². The molecule has 0 bridgehead atoms. The summed E-state index contributed by atoms with van der Waals surface area (Å²) in [6.45, 7) is 5.85. The Morgan fingerprint density at radius 1 is 1.27 bits per heavy atom. The Kier molecular flexibility index (Phi) is 9.07. The van der Waals surface area contributed by atoms with Gasteiger partial charge in [-0.05, 0) is 43.1 Å². The molecule has 0 aromatic carbocycles. The van der Waals surface area contributed by atoms with Crippen molar-refractivity contribution in [3.8, 4) is 0 Å². The second-order valence-corrected chi connectivity index (χ2v) is 8.88. The lowest BCUT2D eigenvalue weighted by atomic mass is 9.66. The Morgan fingerprint density at radius 2 is 1.97 bits per heavy atom. The molecule has 7 nitrogen and oxygen atoms in total. The highest BCUT2D eigenvalue weighted by atomic mass is 16.5. The highest BCUT2D eigenvalue weighted by Gasteiger charge is 2.42. The number of carbonyl (C=O) groups excluding carboxylic acids is 1. The Bertz CT molecular complexity index is 656. The van der Waals surface area contributed by atoms with Gasteiger partial charge in [0.2, 0.25) is 0 Å². The Morgan fingerprint density at radius 3 is 2.60 bits per heavy atom. The molecule has 0 fully saturated rings. The van der Waals surface area contributed by atoms with Crippen LogP contribution in [0, 0.1) is 23.7 Å². The lowest BCUT2D eigenvalue weighted by Gasteiger charge is -2.43. The third-order valence-electron chi connectivity index (χ3n) is 6.44. The van der Waals surface area contributed by atoms with Crippen molar-refractivity contribution in [3.05, 3.63) is 23.8 Å². The lowest BCUT2D eigenvalue weighted by molar-refractivity contribution is -0.159. The summed E-state index contributed by atoms with van der Waals surface area (Å²) in [4.78, 5) is 23.1. The van der Waals surface area contributed by atoms with Crippen molar-refractivity contribution in [2.24, 2.45) is 23.7 Å². The first kappa shape index (κ1) is 24.6. The first-order valence-electron chi connectivity index (χ1n) is 11.0.